The lowest BCUT2D eigenvalue weighted by Crippen LogP contribution is -2.28. The van der Waals surface area contributed by atoms with Gasteiger partial charge in [-0.05, 0) is 121 Å². The molecular formula is C65H43NO. The summed E-state index contributed by atoms with van der Waals surface area (Å²) in [5.74, 6) is 0. The van der Waals surface area contributed by atoms with E-state index in [1.54, 1.807) is 0 Å². The Hall–Kier alpha value is -8.72. The Morgan fingerprint density at radius 2 is 0.836 bits per heavy atom. The Morgan fingerprint density at radius 1 is 0.299 bits per heavy atom. The van der Waals surface area contributed by atoms with Gasteiger partial charge in [0.25, 0.3) is 0 Å². The quantitative estimate of drug-likeness (QED) is 0.151. The van der Waals surface area contributed by atoms with Gasteiger partial charge in [-0.2, -0.15) is 0 Å². The van der Waals surface area contributed by atoms with Crippen molar-refractivity contribution in [2.75, 3.05) is 4.90 Å². The van der Waals surface area contributed by atoms with Crippen molar-refractivity contribution in [1.82, 2.24) is 0 Å². The second-order valence-corrected chi connectivity index (χ2v) is 17.5. The molecule has 1 aliphatic rings. The van der Waals surface area contributed by atoms with Crippen molar-refractivity contribution in [1.29, 1.82) is 0 Å². The van der Waals surface area contributed by atoms with E-state index in [0.29, 0.717) is 0 Å². The molecule has 1 aromatic heterocycles. The summed E-state index contributed by atoms with van der Waals surface area (Å²) >= 11 is 0. The molecule has 12 aromatic rings. The van der Waals surface area contributed by atoms with E-state index in [1.807, 2.05) is 0 Å². The van der Waals surface area contributed by atoms with Gasteiger partial charge in [-0.3, -0.25) is 0 Å². The fraction of sp³-hybridized carbons (Fsp3) is 0.0154. The maximum Gasteiger partial charge on any atom is 0.143 e. The molecule has 0 atom stereocenters. The maximum atomic E-state index is 6.83. The van der Waals surface area contributed by atoms with Crippen LogP contribution in [0.1, 0.15) is 22.3 Å². The summed E-state index contributed by atoms with van der Waals surface area (Å²) in [4.78, 5) is 2.43. The van der Waals surface area contributed by atoms with Crippen molar-refractivity contribution < 1.29 is 4.42 Å². The Morgan fingerprint density at radius 3 is 1.57 bits per heavy atom. The van der Waals surface area contributed by atoms with Crippen LogP contribution in [-0.2, 0) is 5.41 Å². The number of benzene rings is 11. The van der Waals surface area contributed by atoms with Gasteiger partial charge in [0, 0.05) is 33.2 Å². The molecule has 1 aliphatic carbocycles. The van der Waals surface area contributed by atoms with Gasteiger partial charge in [-0.1, -0.05) is 212 Å². The van der Waals surface area contributed by atoms with E-state index in [2.05, 4.69) is 266 Å². The minimum absolute atomic E-state index is 0.532. The van der Waals surface area contributed by atoms with E-state index in [9.17, 15) is 0 Å². The predicted octanol–water partition coefficient (Wildman–Crippen LogP) is 17.6. The van der Waals surface area contributed by atoms with Crippen LogP contribution < -0.4 is 4.90 Å². The molecule has 0 radical (unpaired) electrons. The van der Waals surface area contributed by atoms with Gasteiger partial charge in [0.2, 0.25) is 0 Å². The van der Waals surface area contributed by atoms with E-state index in [1.165, 1.54) is 61.0 Å². The molecule has 0 aliphatic heterocycles. The number of fused-ring (bicyclic) bond motifs is 8. The number of anilines is 3. The average molecular weight is 854 g/mol. The molecule has 0 bridgehead atoms. The Bertz CT molecular complexity index is 3740. The van der Waals surface area contributed by atoms with Crippen LogP contribution >= 0.6 is 0 Å². The van der Waals surface area contributed by atoms with Crippen molar-refractivity contribution in [2.45, 2.75) is 5.41 Å². The number of rotatable bonds is 8. The molecule has 0 N–H and O–H groups in total. The van der Waals surface area contributed by atoms with Crippen LogP contribution in [0.5, 0.6) is 0 Å². The first-order valence-corrected chi connectivity index (χ1v) is 23.1. The molecule has 2 nitrogen and oxygen atoms in total. The molecule has 11 aromatic carbocycles. The number of nitrogens with zero attached hydrogens (tertiary/aromatic N) is 1. The first-order chi connectivity index (χ1) is 33.2. The summed E-state index contributed by atoms with van der Waals surface area (Å²) in [7, 11) is 0. The largest absolute Gasteiger partial charge is 0.455 e. The van der Waals surface area contributed by atoms with Crippen LogP contribution in [0.2, 0.25) is 0 Å². The summed E-state index contributed by atoms with van der Waals surface area (Å²) in [6.07, 6.45) is 0. The molecule has 1 heterocycles. The third kappa shape index (κ3) is 6.18. The normalized spacial score (nSPS) is 12.6. The van der Waals surface area contributed by atoms with E-state index >= 15 is 0 Å². The van der Waals surface area contributed by atoms with Crippen LogP contribution in [0.4, 0.5) is 17.1 Å². The summed E-state index contributed by atoms with van der Waals surface area (Å²) < 4.78 is 6.83. The lowest BCUT2D eigenvalue weighted by Gasteiger charge is -2.35. The summed E-state index contributed by atoms with van der Waals surface area (Å²) in [5.41, 5.74) is 19.0. The standard InChI is InChI=1S/C65H43NO/c1-5-19-44(20-6-1)45-35-37-50(38-36-45)66(52-39-40-56-55-30-15-16-33-60(55)65(61(56)42-52,48-24-9-3-10-25-48)49-26-11-4-12-27-49)51-28-17-23-47(41-51)53-32-18-34-62-63(53)59-43-58(46-21-7-2-8-22-46)54-29-13-14-31-57(54)64(59)67-62/h1-43H. The molecule has 314 valence electrons. The topological polar surface area (TPSA) is 16.4 Å². The van der Waals surface area contributed by atoms with Gasteiger partial charge in [0.05, 0.1) is 5.41 Å². The Kier molecular flexibility index (Phi) is 9.11. The highest BCUT2D eigenvalue weighted by Gasteiger charge is 2.46. The second kappa shape index (κ2) is 15.8. The third-order valence-electron chi connectivity index (χ3n) is 13.9. The zero-order chi connectivity index (χ0) is 44.3. The highest BCUT2D eigenvalue weighted by atomic mass is 16.3. The van der Waals surface area contributed by atoms with E-state index < -0.39 is 5.41 Å². The molecule has 0 unspecified atom stereocenters. The fourth-order valence-electron chi connectivity index (χ4n) is 11.0. The van der Waals surface area contributed by atoms with Gasteiger partial charge >= 0.3 is 0 Å². The van der Waals surface area contributed by atoms with Gasteiger partial charge in [-0.25, -0.2) is 0 Å². The molecule has 13 rings (SSSR count). The third-order valence-corrected chi connectivity index (χ3v) is 13.9. The monoisotopic (exact) mass is 853 g/mol. The minimum atomic E-state index is -0.532. The van der Waals surface area contributed by atoms with Crippen LogP contribution in [-0.4, -0.2) is 0 Å². The van der Waals surface area contributed by atoms with E-state index in [-0.39, 0.29) is 0 Å². The number of hydrogen-bond donors (Lipinski definition) is 0. The molecule has 67 heavy (non-hydrogen) atoms. The summed E-state index contributed by atoms with van der Waals surface area (Å²) in [5, 5.41) is 4.51. The average Bonchev–Trinajstić information content (AvgIpc) is 3.94. The van der Waals surface area contributed by atoms with Crippen molar-refractivity contribution in [2.24, 2.45) is 0 Å². The van der Waals surface area contributed by atoms with Crippen LogP contribution in [0, 0.1) is 0 Å². The predicted molar refractivity (Wildman–Crippen MR) is 280 cm³/mol. The van der Waals surface area contributed by atoms with Gasteiger partial charge in [0.1, 0.15) is 11.2 Å². The lowest BCUT2D eigenvalue weighted by molar-refractivity contribution is 0.673. The highest BCUT2D eigenvalue weighted by molar-refractivity contribution is 6.22. The SMILES string of the molecule is c1ccc(-c2ccc(N(c3cccc(-c4cccc5oc6c7ccccc7c(-c7ccccc7)cc6c45)c3)c3ccc4c(c3)C(c3ccccc3)(c3ccccc3)c3ccccc3-4)cc2)cc1. The molecule has 0 saturated heterocycles. The van der Waals surface area contributed by atoms with Crippen LogP contribution in [0.3, 0.4) is 0 Å². The summed E-state index contributed by atoms with van der Waals surface area (Å²) in [6, 6.07) is 95.0. The zero-order valence-electron chi connectivity index (χ0n) is 36.7. The molecule has 0 fully saturated rings. The van der Waals surface area contributed by atoms with Gasteiger partial charge < -0.3 is 9.32 Å². The number of furan rings is 1. The smallest absolute Gasteiger partial charge is 0.143 e. The summed E-state index contributed by atoms with van der Waals surface area (Å²) in [6.45, 7) is 0. The van der Waals surface area contributed by atoms with Gasteiger partial charge in [0.15, 0.2) is 0 Å². The molecule has 2 heteroatoms. The van der Waals surface area contributed by atoms with Crippen molar-refractivity contribution in [3.8, 4) is 44.5 Å². The van der Waals surface area contributed by atoms with Crippen LogP contribution in [0.25, 0.3) is 77.2 Å². The van der Waals surface area contributed by atoms with Crippen LogP contribution in [0.15, 0.2) is 265 Å². The number of hydrogen-bond acceptors (Lipinski definition) is 2. The Labute approximate surface area is 390 Å². The lowest BCUT2D eigenvalue weighted by atomic mass is 9.67. The van der Waals surface area contributed by atoms with Crippen molar-refractivity contribution in [3.05, 3.63) is 283 Å². The first kappa shape index (κ1) is 38.7. The molecular weight excluding hydrogens is 811 g/mol. The van der Waals surface area contributed by atoms with E-state index in [0.717, 1.165) is 55.5 Å². The van der Waals surface area contributed by atoms with Gasteiger partial charge in [-0.15, -0.1) is 0 Å². The highest BCUT2D eigenvalue weighted by Crippen LogP contribution is 2.57. The molecule has 0 saturated carbocycles. The Balaban J connectivity index is 1.03. The van der Waals surface area contributed by atoms with Crippen molar-refractivity contribution >= 4 is 49.8 Å². The minimum Gasteiger partial charge on any atom is -0.455 e. The second-order valence-electron chi connectivity index (χ2n) is 17.5. The fourth-order valence-corrected chi connectivity index (χ4v) is 11.0. The zero-order valence-corrected chi connectivity index (χ0v) is 36.7. The molecule has 0 spiro atoms. The molecule has 0 amide bonds. The van der Waals surface area contributed by atoms with Crippen molar-refractivity contribution in [3.63, 3.8) is 0 Å². The maximum absolute atomic E-state index is 6.83. The first-order valence-electron chi connectivity index (χ1n) is 23.1. The van der Waals surface area contributed by atoms with E-state index in [4.69, 9.17) is 4.42 Å².